The van der Waals surface area contributed by atoms with Crippen molar-refractivity contribution in [3.8, 4) is 0 Å². The average molecular weight is 411 g/mol. The fourth-order valence-electron chi connectivity index (χ4n) is 4.40. The van der Waals surface area contributed by atoms with Gasteiger partial charge in [0.1, 0.15) is 5.54 Å². The molecule has 2 N–H and O–H groups in total. The quantitative estimate of drug-likeness (QED) is 0.641. The van der Waals surface area contributed by atoms with E-state index >= 15 is 0 Å². The average Bonchev–Trinajstić information content (AvgIpc) is 3.28. The fourth-order valence-corrected chi connectivity index (χ4v) is 4.40. The predicted octanol–water partition coefficient (Wildman–Crippen LogP) is 3.83. The lowest BCUT2D eigenvalue weighted by Crippen LogP contribution is -2.41. The minimum Gasteiger partial charge on any atom is -0.322 e. The second-order valence-electron chi connectivity index (χ2n) is 7.90. The van der Waals surface area contributed by atoms with Gasteiger partial charge in [0, 0.05) is 11.3 Å². The van der Waals surface area contributed by atoms with Crippen LogP contribution in [-0.2, 0) is 23.3 Å². The zero-order valence-electron chi connectivity index (χ0n) is 16.8. The van der Waals surface area contributed by atoms with Gasteiger partial charge < -0.3 is 10.6 Å². The Balaban J connectivity index is 1.31. The van der Waals surface area contributed by atoms with Crippen molar-refractivity contribution in [3.05, 3.63) is 101 Å². The van der Waals surface area contributed by atoms with E-state index < -0.39 is 5.54 Å². The minimum atomic E-state index is -0.955. The normalized spacial score (nSPS) is 19.4. The third-order valence-corrected chi connectivity index (χ3v) is 6.01. The van der Waals surface area contributed by atoms with Gasteiger partial charge in [-0.1, -0.05) is 54.6 Å². The lowest BCUT2D eigenvalue weighted by Gasteiger charge is -2.22. The summed E-state index contributed by atoms with van der Waals surface area (Å²) in [5.41, 5.74) is 3.05. The van der Waals surface area contributed by atoms with Crippen LogP contribution in [0.5, 0.6) is 0 Å². The smallest absolute Gasteiger partial charge is 0.322 e. The van der Waals surface area contributed by atoms with Crippen molar-refractivity contribution in [1.82, 2.24) is 10.2 Å². The molecule has 6 heteroatoms. The number of aryl methyl sites for hydroxylation is 1. The molecule has 0 bridgehead atoms. The first-order chi connectivity index (χ1) is 15.1. The van der Waals surface area contributed by atoms with Crippen LogP contribution in [0, 0.1) is 0 Å². The SMILES string of the molecule is O=C(Nc1ccccc1)c1ccc(CN2C(=O)N[C@@]3(CCc4ccccc43)C2=O)cc1. The highest BCUT2D eigenvalue weighted by Crippen LogP contribution is 2.41. The third kappa shape index (κ3) is 3.26. The lowest BCUT2D eigenvalue weighted by molar-refractivity contribution is -0.132. The molecule has 1 atom stereocenters. The summed E-state index contributed by atoms with van der Waals surface area (Å²) >= 11 is 0. The Kier molecular flexibility index (Phi) is 4.55. The highest BCUT2D eigenvalue weighted by Gasteiger charge is 2.55. The van der Waals surface area contributed by atoms with E-state index in [4.69, 9.17) is 0 Å². The van der Waals surface area contributed by atoms with Gasteiger partial charge in [0.15, 0.2) is 0 Å². The number of carbonyl (C=O) groups excluding carboxylic acids is 3. The molecule has 6 nitrogen and oxygen atoms in total. The van der Waals surface area contributed by atoms with Crippen molar-refractivity contribution in [2.75, 3.05) is 5.32 Å². The van der Waals surface area contributed by atoms with Gasteiger partial charge in [-0.25, -0.2) is 4.79 Å². The number of hydrogen-bond donors (Lipinski definition) is 2. The standard InChI is InChI=1S/C25H21N3O3/c29-22(26-20-7-2-1-3-8-20)19-12-10-17(11-13-19)16-28-23(30)25(27-24(28)31)15-14-18-6-4-5-9-21(18)25/h1-13H,14-16H2,(H,26,29)(H,27,31)/t25-/m1/s1. The number of imide groups is 1. The number of nitrogens with zero attached hydrogens (tertiary/aromatic N) is 1. The Hall–Kier alpha value is -3.93. The molecule has 5 rings (SSSR count). The van der Waals surface area contributed by atoms with Crippen LogP contribution in [0.2, 0.25) is 0 Å². The minimum absolute atomic E-state index is 0.162. The first-order valence-corrected chi connectivity index (χ1v) is 10.2. The van der Waals surface area contributed by atoms with E-state index in [0.29, 0.717) is 12.0 Å². The molecule has 0 radical (unpaired) electrons. The molecule has 3 aromatic carbocycles. The second-order valence-corrected chi connectivity index (χ2v) is 7.90. The summed E-state index contributed by atoms with van der Waals surface area (Å²) in [7, 11) is 0. The van der Waals surface area contributed by atoms with Crippen molar-refractivity contribution in [2.45, 2.75) is 24.9 Å². The number of amides is 4. The van der Waals surface area contributed by atoms with E-state index in [9.17, 15) is 14.4 Å². The van der Waals surface area contributed by atoms with E-state index in [1.54, 1.807) is 24.3 Å². The van der Waals surface area contributed by atoms with Gasteiger partial charge in [0.25, 0.3) is 11.8 Å². The summed E-state index contributed by atoms with van der Waals surface area (Å²) < 4.78 is 0. The predicted molar refractivity (Wildman–Crippen MR) is 116 cm³/mol. The maximum absolute atomic E-state index is 13.3. The van der Waals surface area contributed by atoms with Gasteiger partial charge >= 0.3 is 6.03 Å². The lowest BCUT2D eigenvalue weighted by atomic mass is 9.92. The van der Waals surface area contributed by atoms with E-state index in [1.165, 1.54) is 4.90 Å². The number of hydrogen-bond acceptors (Lipinski definition) is 3. The van der Waals surface area contributed by atoms with Gasteiger partial charge in [-0.15, -0.1) is 0 Å². The summed E-state index contributed by atoms with van der Waals surface area (Å²) in [5, 5.41) is 5.78. The van der Waals surface area contributed by atoms with Gasteiger partial charge in [-0.2, -0.15) is 0 Å². The summed E-state index contributed by atoms with van der Waals surface area (Å²) in [6.45, 7) is 0.162. The monoisotopic (exact) mass is 411 g/mol. The molecular formula is C25H21N3O3. The first-order valence-electron chi connectivity index (χ1n) is 10.2. The summed E-state index contributed by atoms with van der Waals surface area (Å²) in [5.74, 6) is -0.428. The van der Waals surface area contributed by atoms with Crippen LogP contribution >= 0.6 is 0 Å². The van der Waals surface area contributed by atoms with E-state index in [0.717, 1.165) is 28.8 Å². The highest BCUT2D eigenvalue weighted by atomic mass is 16.2. The maximum Gasteiger partial charge on any atom is 0.325 e. The van der Waals surface area contributed by atoms with Crippen LogP contribution in [0.15, 0.2) is 78.9 Å². The number of fused-ring (bicyclic) bond motifs is 2. The molecule has 0 aromatic heterocycles. The van der Waals surface area contributed by atoms with Crippen LogP contribution in [0.4, 0.5) is 10.5 Å². The van der Waals surface area contributed by atoms with Gasteiger partial charge in [-0.3, -0.25) is 14.5 Å². The molecule has 0 saturated carbocycles. The molecule has 0 unspecified atom stereocenters. The van der Waals surface area contributed by atoms with Crippen LogP contribution in [-0.4, -0.2) is 22.7 Å². The molecule has 1 spiro atoms. The number of anilines is 1. The number of carbonyl (C=O) groups is 3. The van der Waals surface area contributed by atoms with Crippen molar-refractivity contribution in [3.63, 3.8) is 0 Å². The van der Waals surface area contributed by atoms with Crippen molar-refractivity contribution >= 4 is 23.5 Å². The Labute approximate surface area is 179 Å². The maximum atomic E-state index is 13.3. The Morgan fingerprint density at radius 2 is 1.65 bits per heavy atom. The molecule has 1 fully saturated rings. The molecule has 1 heterocycles. The second kappa shape index (κ2) is 7.40. The highest BCUT2D eigenvalue weighted by molar-refractivity contribution is 6.08. The first kappa shape index (κ1) is 19.1. The molecule has 1 aliphatic heterocycles. The van der Waals surface area contributed by atoms with Gasteiger partial charge in [0.2, 0.25) is 0 Å². The van der Waals surface area contributed by atoms with Crippen molar-refractivity contribution in [1.29, 1.82) is 0 Å². The van der Waals surface area contributed by atoms with E-state index in [-0.39, 0.29) is 24.4 Å². The summed E-state index contributed by atoms with van der Waals surface area (Å²) in [6, 6.07) is 23.6. The number of urea groups is 1. The topological polar surface area (TPSA) is 78.5 Å². The van der Waals surface area contributed by atoms with E-state index in [1.807, 2.05) is 54.6 Å². The molecule has 31 heavy (non-hydrogen) atoms. The number of para-hydroxylation sites is 1. The zero-order chi connectivity index (χ0) is 21.4. The molecule has 154 valence electrons. The molecule has 1 saturated heterocycles. The molecule has 3 aromatic rings. The third-order valence-electron chi connectivity index (χ3n) is 6.01. The molecule has 2 aliphatic rings. The fraction of sp³-hybridized carbons (Fsp3) is 0.160. The Morgan fingerprint density at radius 3 is 2.42 bits per heavy atom. The van der Waals surface area contributed by atoms with Gasteiger partial charge in [-0.05, 0) is 53.8 Å². The van der Waals surface area contributed by atoms with E-state index in [2.05, 4.69) is 10.6 Å². The van der Waals surface area contributed by atoms with Crippen LogP contribution in [0.25, 0.3) is 0 Å². The number of nitrogens with one attached hydrogen (secondary N) is 2. The Bertz CT molecular complexity index is 1170. The van der Waals surface area contributed by atoms with Gasteiger partial charge in [0.05, 0.1) is 6.54 Å². The van der Waals surface area contributed by atoms with Crippen LogP contribution in [0.3, 0.4) is 0 Å². The molecule has 1 aliphatic carbocycles. The molecular weight excluding hydrogens is 390 g/mol. The number of rotatable bonds is 4. The largest absolute Gasteiger partial charge is 0.325 e. The number of benzene rings is 3. The van der Waals surface area contributed by atoms with Crippen LogP contribution in [0.1, 0.15) is 33.5 Å². The van der Waals surface area contributed by atoms with Crippen molar-refractivity contribution in [2.24, 2.45) is 0 Å². The molecule has 4 amide bonds. The summed E-state index contributed by atoms with van der Waals surface area (Å²) in [6.07, 6.45) is 1.34. The van der Waals surface area contributed by atoms with Crippen LogP contribution < -0.4 is 10.6 Å². The summed E-state index contributed by atoms with van der Waals surface area (Å²) in [4.78, 5) is 39.6. The zero-order valence-corrected chi connectivity index (χ0v) is 16.8. The Morgan fingerprint density at radius 1 is 0.935 bits per heavy atom. The van der Waals surface area contributed by atoms with Crippen molar-refractivity contribution < 1.29 is 14.4 Å².